The summed E-state index contributed by atoms with van der Waals surface area (Å²) in [4.78, 5) is 20.3. The zero-order chi connectivity index (χ0) is 15.2. The number of benzene rings is 1. The number of carbonyl (C=O) groups excluding carboxylic acids is 1. The quantitative estimate of drug-likeness (QED) is 0.814. The Morgan fingerprint density at radius 1 is 1.32 bits per heavy atom. The molecule has 1 aromatic rings. The van der Waals surface area contributed by atoms with Gasteiger partial charge in [0, 0.05) is 19.1 Å². The van der Waals surface area contributed by atoms with Crippen LogP contribution in [0.5, 0.6) is 0 Å². The van der Waals surface area contributed by atoms with Gasteiger partial charge in [0.25, 0.3) is 0 Å². The molecule has 3 aliphatic rings. The monoisotopic (exact) mass is 303 g/mol. The number of hydroxylamine groups is 3. The SMILES string of the molecule is O=C1N2C[C@H](N1OCc1ccccc1)C1(CC1)C[C@H]2CNO. The highest BCUT2D eigenvalue weighted by Gasteiger charge is 2.62. The van der Waals surface area contributed by atoms with Crippen LogP contribution in [-0.2, 0) is 11.4 Å². The Bertz CT molecular complexity index is 561. The number of rotatable bonds is 5. The van der Waals surface area contributed by atoms with Crippen LogP contribution < -0.4 is 5.48 Å². The average molecular weight is 303 g/mol. The van der Waals surface area contributed by atoms with Crippen LogP contribution in [-0.4, -0.2) is 46.4 Å². The number of hydrogen-bond acceptors (Lipinski definition) is 4. The van der Waals surface area contributed by atoms with E-state index < -0.39 is 0 Å². The molecule has 6 heteroatoms. The van der Waals surface area contributed by atoms with Crippen LogP contribution in [0.15, 0.2) is 30.3 Å². The van der Waals surface area contributed by atoms with Crippen LogP contribution in [0.1, 0.15) is 24.8 Å². The summed E-state index contributed by atoms with van der Waals surface area (Å²) in [5.41, 5.74) is 3.48. The van der Waals surface area contributed by atoms with Gasteiger partial charge < -0.3 is 10.1 Å². The first-order chi connectivity index (χ1) is 10.7. The molecular weight excluding hydrogens is 282 g/mol. The van der Waals surface area contributed by atoms with Crippen molar-refractivity contribution < 1.29 is 14.8 Å². The zero-order valence-electron chi connectivity index (χ0n) is 12.4. The largest absolute Gasteiger partial charge is 0.344 e. The van der Waals surface area contributed by atoms with Crippen LogP contribution in [0.3, 0.4) is 0 Å². The van der Waals surface area contributed by atoms with Crippen molar-refractivity contribution in [3.8, 4) is 0 Å². The lowest BCUT2D eigenvalue weighted by atomic mass is 9.85. The number of amides is 2. The standard InChI is InChI=1S/C16H21N3O3/c20-15-18-10-14(16(6-7-16)8-13(18)9-17-21)19(15)22-11-12-4-2-1-3-5-12/h1-5,13-14,17,21H,6-11H2/t13-,14-/m0/s1. The van der Waals surface area contributed by atoms with E-state index in [1.807, 2.05) is 35.2 Å². The van der Waals surface area contributed by atoms with Gasteiger partial charge in [0.05, 0.1) is 6.04 Å². The first-order valence-electron chi connectivity index (χ1n) is 7.87. The topological polar surface area (TPSA) is 65.0 Å². The van der Waals surface area contributed by atoms with Gasteiger partial charge in [-0.25, -0.2) is 10.3 Å². The molecule has 1 saturated carbocycles. The van der Waals surface area contributed by atoms with Crippen molar-refractivity contribution in [3.05, 3.63) is 35.9 Å². The number of hydrogen-bond donors (Lipinski definition) is 2. The Hall–Kier alpha value is -1.63. The minimum atomic E-state index is -0.0649. The third-order valence-corrected chi connectivity index (χ3v) is 5.31. The second-order valence-corrected chi connectivity index (χ2v) is 6.62. The molecule has 2 aliphatic heterocycles. The zero-order valence-corrected chi connectivity index (χ0v) is 12.4. The van der Waals surface area contributed by atoms with E-state index in [9.17, 15) is 4.79 Å². The Balaban J connectivity index is 1.50. The number of nitrogens with zero attached hydrogens (tertiary/aromatic N) is 2. The molecule has 0 unspecified atom stereocenters. The second kappa shape index (κ2) is 5.22. The van der Waals surface area contributed by atoms with Gasteiger partial charge in [-0.3, -0.25) is 4.84 Å². The van der Waals surface area contributed by atoms with Crippen molar-refractivity contribution in [1.82, 2.24) is 15.4 Å². The summed E-state index contributed by atoms with van der Waals surface area (Å²) in [6.45, 7) is 1.54. The fourth-order valence-electron chi connectivity index (χ4n) is 3.91. The summed E-state index contributed by atoms with van der Waals surface area (Å²) in [7, 11) is 0. The van der Waals surface area contributed by atoms with Crippen LogP contribution in [0.2, 0.25) is 0 Å². The fourth-order valence-corrected chi connectivity index (χ4v) is 3.91. The van der Waals surface area contributed by atoms with Gasteiger partial charge in [0.1, 0.15) is 6.61 Å². The highest BCUT2D eigenvalue weighted by molar-refractivity contribution is 5.77. The van der Waals surface area contributed by atoms with E-state index in [-0.39, 0.29) is 23.5 Å². The van der Waals surface area contributed by atoms with E-state index in [0.717, 1.165) is 24.8 Å². The van der Waals surface area contributed by atoms with Crippen molar-refractivity contribution in [2.24, 2.45) is 5.41 Å². The van der Waals surface area contributed by atoms with Crippen LogP contribution in [0, 0.1) is 5.41 Å². The summed E-state index contributed by atoms with van der Waals surface area (Å²) in [6, 6.07) is 10.0. The first kappa shape index (κ1) is 14.0. The number of carbonyl (C=O) groups is 1. The van der Waals surface area contributed by atoms with Gasteiger partial charge in [0.2, 0.25) is 0 Å². The van der Waals surface area contributed by atoms with Crippen molar-refractivity contribution in [3.63, 3.8) is 0 Å². The average Bonchev–Trinajstić information content (AvgIpc) is 3.24. The lowest BCUT2D eigenvalue weighted by molar-refractivity contribution is -0.153. The molecule has 2 heterocycles. The van der Waals surface area contributed by atoms with Gasteiger partial charge in [-0.15, -0.1) is 0 Å². The summed E-state index contributed by atoms with van der Waals surface area (Å²) < 4.78 is 0. The fraction of sp³-hybridized carbons (Fsp3) is 0.562. The van der Waals surface area contributed by atoms with Crippen LogP contribution >= 0.6 is 0 Å². The molecule has 118 valence electrons. The molecule has 1 aliphatic carbocycles. The molecule has 4 rings (SSSR count). The lowest BCUT2D eigenvalue weighted by Crippen LogP contribution is -2.49. The van der Waals surface area contributed by atoms with Crippen molar-refractivity contribution in [2.75, 3.05) is 13.1 Å². The van der Waals surface area contributed by atoms with Gasteiger partial charge in [0.15, 0.2) is 0 Å². The molecule has 2 N–H and O–H groups in total. The van der Waals surface area contributed by atoms with Gasteiger partial charge in [-0.2, -0.15) is 5.06 Å². The maximum Gasteiger partial charge on any atom is 0.344 e. The molecule has 1 aromatic carbocycles. The summed E-state index contributed by atoms with van der Waals surface area (Å²) in [6.07, 6.45) is 3.24. The smallest absolute Gasteiger partial charge is 0.317 e. The first-order valence-corrected chi connectivity index (χ1v) is 7.87. The minimum Gasteiger partial charge on any atom is -0.317 e. The van der Waals surface area contributed by atoms with E-state index in [1.54, 1.807) is 5.06 Å². The predicted octanol–water partition coefficient (Wildman–Crippen LogP) is 1.76. The minimum absolute atomic E-state index is 0.0570. The summed E-state index contributed by atoms with van der Waals surface area (Å²) in [5.74, 6) is 0. The predicted molar refractivity (Wildman–Crippen MR) is 78.8 cm³/mol. The molecule has 0 radical (unpaired) electrons. The molecule has 6 nitrogen and oxygen atoms in total. The van der Waals surface area contributed by atoms with E-state index in [1.165, 1.54) is 0 Å². The lowest BCUT2D eigenvalue weighted by Gasteiger charge is -2.36. The third-order valence-electron chi connectivity index (χ3n) is 5.31. The Labute approximate surface area is 129 Å². The second-order valence-electron chi connectivity index (χ2n) is 6.62. The van der Waals surface area contributed by atoms with Crippen LogP contribution in [0.4, 0.5) is 4.79 Å². The Morgan fingerprint density at radius 3 is 2.77 bits per heavy atom. The molecular formula is C16H21N3O3. The molecule has 22 heavy (non-hydrogen) atoms. The maximum atomic E-state index is 12.6. The molecule has 1 spiro atoms. The van der Waals surface area contributed by atoms with E-state index >= 15 is 0 Å². The van der Waals surface area contributed by atoms with Gasteiger partial charge in [-0.1, -0.05) is 30.3 Å². The summed E-state index contributed by atoms with van der Waals surface area (Å²) >= 11 is 0. The van der Waals surface area contributed by atoms with Crippen molar-refractivity contribution >= 4 is 6.03 Å². The number of urea groups is 1. The molecule has 3 fully saturated rings. The normalized spacial score (nSPS) is 28.5. The Morgan fingerprint density at radius 2 is 2.09 bits per heavy atom. The molecule has 2 amide bonds. The maximum absolute atomic E-state index is 12.6. The molecule has 2 bridgehead atoms. The van der Waals surface area contributed by atoms with E-state index in [2.05, 4.69) is 5.48 Å². The molecule has 2 saturated heterocycles. The highest BCUT2D eigenvalue weighted by atomic mass is 16.7. The molecule has 2 atom stereocenters. The van der Waals surface area contributed by atoms with E-state index in [4.69, 9.17) is 10.0 Å². The highest BCUT2D eigenvalue weighted by Crippen LogP contribution is 2.59. The molecule has 0 aromatic heterocycles. The Kier molecular flexibility index (Phi) is 3.32. The van der Waals surface area contributed by atoms with E-state index in [0.29, 0.717) is 19.7 Å². The van der Waals surface area contributed by atoms with Gasteiger partial charge >= 0.3 is 6.03 Å². The van der Waals surface area contributed by atoms with Gasteiger partial charge in [-0.05, 0) is 30.2 Å². The van der Waals surface area contributed by atoms with Crippen LogP contribution in [0.25, 0.3) is 0 Å². The number of fused-ring (bicyclic) bond motifs is 3. The number of piperidine rings is 1. The third kappa shape index (κ3) is 2.18. The summed E-state index contributed by atoms with van der Waals surface area (Å²) in [5, 5.41) is 10.6. The van der Waals surface area contributed by atoms with Crippen molar-refractivity contribution in [2.45, 2.75) is 38.0 Å². The number of nitrogens with one attached hydrogen (secondary N) is 1. The van der Waals surface area contributed by atoms with Crippen molar-refractivity contribution in [1.29, 1.82) is 0 Å².